The summed E-state index contributed by atoms with van der Waals surface area (Å²) in [4.78, 5) is 17.0. The summed E-state index contributed by atoms with van der Waals surface area (Å²) >= 11 is 0. The second kappa shape index (κ2) is 10.0. The highest BCUT2D eigenvalue weighted by atomic mass is 19.4. The van der Waals surface area contributed by atoms with E-state index in [0.29, 0.717) is 48.6 Å². The molecule has 6 nitrogen and oxygen atoms in total. The number of hydrogen-bond donors (Lipinski definition) is 1. The van der Waals surface area contributed by atoms with Crippen LogP contribution in [0.2, 0.25) is 0 Å². The summed E-state index contributed by atoms with van der Waals surface area (Å²) in [6.07, 6.45) is -4.46. The minimum atomic E-state index is -4.46. The summed E-state index contributed by atoms with van der Waals surface area (Å²) < 4.78 is 53.2. The van der Waals surface area contributed by atoms with E-state index in [1.165, 1.54) is 18.2 Å². The number of nitrogens with one attached hydrogen (secondary N) is 1. The Kier molecular flexibility index (Phi) is 6.64. The third-order valence-corrected chi connectivity index (χ3v) is 6.36. The Morgan fingerprint density at radius 1 is 0.838 bits per heavy atom. The normalized spacial score (nSPS) is 14.2. The molecule has 1 aromatic heterocycles. The third-order valence-electron chi connectivity index (χ3n) is 6.36. The number of hydrogen-bond acceptors (Lipinski definition) is 5. The zero-order chi connectivity index (χ0) is 26.0. The van der Waals surface area contributed by atoms with Gasteiger partial charge in [-0.25, -0.2) is 4.39 Å². The zero-order valence-electron chi connectivity index (χ0n) is 19.7. The summed E-state index contributed by atoms with van der Waals surface area (Å²) in [5.74, 6) is -0.170. The fourth-order valence-electron chi connectivity index (χ4n) is 4.48. The van der Waals surface area contributed by atoms with Gasteiger partial charge in [0.05, 0.1) is 11.3 Å². The average Bonchev–Trinajstić information content (AvgIpc) is 2.91. The number of rotatable bonds is 5. The first-order valence-electron chi connectivity index (χ1n) is 11.8. The van der Waals surface area contributed by atoms with Gasteiger partial charge in [-0.2, -0.15) is 13.2 Å². The standard InChI is InChI=1S/C27H23F4N5O/c28-22-10-3-4-11-23(22)35-12-14-36(15-13-35)25-21-9-2-1-8-20(21)24(33-34-25)26(37)32-17-18-6-5-7-19(16-18)27(29,30)31/h1-11,16H,12-15,17H2,(H,32,37). The largest absolute Gasteiger partial charge is 0.416 e. The molecule has 0 atom stereocenters. The van der Waals surface area contributed by atoms with Gasteiger partial charge in [-0.15, -0.1) is 10.2 Å². The van der Waals surface area contributed by atoms with Crippen LogP contribution in [0.1, 0.15) is 21.6 Å². The smallest absolute Gasteiger partial charge is 0.366 e. The van der Waals surface area contributed by atoms with Crippen molar-refractivity contribution in [3.05, 3.63) is 95.4 Å². The Balaban J connectivity index is 1.33. The monoisotopic (exact) mass is 509 g/mol. The molecule has 3 aromatic carbocycles. The maximum atomic E-state index is 14.2. The summed E-state index contributed by atoms with van der Waals surface area (Å²) in [6, 6.07) is 18.7. The average molecular weight is 510 g/mol. The van der Waals surface area contributed by atoms with Crippen molar-refractivity contribution in [1.29, 1.82) is 0 Å². The van der Waals surface area contributed by atoms with Gasteiger partial charge >= 0.3 is 6.18 Å². The van der Waals surface area contributed by atoms with Crippen molar-refractivity contribution in [2.75, 3.05) is 36.0 Å². The number of piperazine rings is 1. The topological polar surface area (TPSA) is 61.4 Å². The Bertz CT molecular complexity index is 1430. The van der Waals surface area contributed by atoms with E-state index in [0.717, 1.165) is 17.5 Å². The van der Waals surface area contributed by atoms with Gasteiger partial charge in [0.25, 0.3) is 5.91 Å². The molecule has 5 rings (SSSR count). The minimum Gasteiger partial charge on any atom is -0.366 e. The lowest BCUT2D eigenvalue weighted by molar-refractivity contribution is -0.137. The molecule has 2 heterocycles. The minimum absolute atomic E-state index is 0.0848. The van der Waals surface area contributed by atoms with E-state index in [1.807, 2.05) is 17.0 Å². The van der Waals surface area contributed by atoms with Crippen LogP contribution in [-0.4, -0.2) is 42.3 Å². The molecular weight excluding hydrogens is 486 g/mol. The quantitative estimate of drug-likeness (QED) is 0.382. The van der Waals surface area contributed by atoms with Crippen molar-refractivity contribution < 1.29 is 22.4 Å². The highest BCUT2D eigenvalue weighted by molar-refractivity contribution is 6.07. The molecule has 1 fully saturated rings. The molecule has 1 N–H and O–H groups in total. The zero-order valence-corrected chi connectivity index (χ0v) is 19.7. The molecule has 0 bridgehead atoms. The molecule has 10 heteroatoms. The number of halogens is 4. The van der Waals surface area contributed by atoms with Crippen LogP contribution >= 0.6 is 0 Å². The highest BCUT2D eigenvalue weighted by Crippen LogP contribution is 2.30. The Labute approximate surface area is 210 Å². The number of carbonyl (C=O) groups excluding carboxylic acids is 1. The maximum Gasteiger partial charge on any atom is 0.416 e. The fourth-order valence-corrected chi connectivity index (χ4v) is 4.48. The van der Waals surface area contributed by atoms with Crippen LogP contribution in [0.25, 0.3) is 10.8 Å². The Morgan fingerprint density at radius 3 is 2.24 bits per heavy atom. The number of para-hydroxylation sites is 1. The molecule has 1 saturated heterocycles. The van der Waals surface area contributed by atoms with Crippen molar-refractivity contribution in [3.8, 4) is 0 Å². The molecule has 1 amide bonds. The van der Waals surface area contributed by atoms with E-state index in [-0.39, 0.29) is 18.1 Å². The van der Waals surface area contributed by atoms with Crippen LogP contribution in [0.3, 0.4) is 0 Å². The van der Waals surface area contributed by atoms with Crippen LogP contribution in [0.4, 0.5) is 29.1 Å². The first kappa shape index (κ1) is 24.5. The van der Waals surface area contributed by atoms with Crippen molar-refractivity contribution in [1.82, 2.24) is 15.5 Å². The maximum absolute atomic E-state index is 14.2. The summed E-state index contributed by atoms with van der Waals surface area (Å²) in [5, 5.41) is 12.5. The molecule has 0 radical (unpaired) electrons. The number of carbonyl (C=O) groups is 1. The van der Waals surface area contributed by atoms with Gasteiger partial charge in [-0.05, 0) is 29.8 Å². The molecule has 0 aliphatic carbocycles. The molecule has 190 valence electrons. The van der Waals surface area contributed by atoms with Gasteiger partial charge in [0, 0.05) is 43.5 Å². The number of fused-ring (bicyclic) bond motifs is 1. The first-order chi connectivity index (χ1) is 17.8. The van der Waals surface area contributed by atoms with E-state index >= 15 is 0 Å². The highest BCUT2D eigenvalue weighted by Gasteiger charge is 2.30. The molecular formula is C27H23F4N5O. The second-order valence-electron chi connectivity index (χ2n) is 8.72. The summed E-state index contributed by atoms with van der Waals surface area (Å²) in [7, 11) is 0. The lowest BCUT2D eigenvalue weighted by atomic mass is 10.1. The van der Waals surface area contributed by atoms with Crippen molar-refractivity contribution in [3.63, 3.8) is 0 Å². The molecule has 37 heavy (non-hydrogen) atoms. The predicted octanol–water partition coefficient (Wildman–Crippen LogP) is 5.04. The van der Waals surface area contributed by atoms with E-state index in [9.17, 15) is 22.4 Å². The molecule has 4 aromatic rings. The van der Waals surface area contributed by atoms with Gasteiger partial charge in [0.2, 0.25) is 0 Å². The van der Waals surface area contributed by atoms with E-state index < -0.39 is 17.6 Å². The summed E-state index contributed by atoms with van der Waals surface area (Å²) in [6.45, 7) is 2.28. The molecule has 1 aliphatic rings. The van der Waals surface area contributed by atoms with Crippen molar-refractivity contribution in [2.24, 2.45) is 0 Å². The number of benzene rings is 3. The lowest BCUT2D eigenvalue weighted by Gasteiger charge is -2.37. The fraction of sp³-hybridized carbons (Fsp3) is 0.222. The number of amides is 1. The SMILES string of the molecule is O=C(NCc1cccc(C(F)(F)F)c1)c1nnc(N2CCN(c3ccccc3F)CC2)c2ccccc12. The number of nitrogens with zero attached hydrogens (tertiary/aromatic N) is 4. The lowest BCUT2D eigenvalue weighted by Crippen LogP contribution is -2.47. The molecule has 1 aliphatic heterocycles. The van der Waals surface area contributed by atoms with Crippen molar-refractivity contribution in [2.45, 2.75) is 12.7 Å². The van der Waals surface area contributed by atoms with Crippen molar-refractivity contribution >= 4 is 28.2 Å². The number of aromatic nitrogens is 2. The molecule has 0 spiro atoms. The van der Waals surface area contributed by atoms with E-state index in [1.54, 1.807) is 30.3 Å². The van der Waals surface area contributed by atoms with Gasteiger partial charge in [-0.3, -0.25) is 4.79 Å². The van der Waals surface area contributed by atoms with E-state index in [4.69, 9.17) is 0 Å². The van der Waals surface area contributed by atoms with Crippen LogP contribution in [0, 0.1) is 5.82 Å². The van der Waals surface area contributed by atoms with E-state index in [2.05, 4.69) is 20.4 Å². The second-order valence-corrected chi connectivity index (χ2v) is 8.72. The molecule has 0 saturated carbocycles. The number of anilines is 2. The predicted molar refractivity (Wildman–Crippen MR) is 133 cm³/mol. The van der Waals surface area contributed by atoms with Gasteiger partial charge in [0.1, 0.15) is 5.82 Å². The molecule has 0 unspecified atom stereocenters. The Hall–Kier alpha value is -4.21. The van der Waals surface area contributed by atoms with Gasteiger partial charge in [-0.1, -0.05) is 48.5 Å². The van der Waals surface area contributed by atoms with Crippen LogP contribution in [0.5, 0.6) is 0 Å². The Morgan fingerprint density at radius 2 is 1.51 bits per heavy atom. The van der Waals surface area contributed by atoms with Gasteiger partial charge in [0.15, 0.2) is 11.5 Å². The summed E-state index contributed by atoms with van der Waals surface area (Å²) in [5.41, 5.74) is 0.205. The van der Waals surface area contributed by atoms with Crippen LogP contribution in [0.15, 0.2) is 72.8 Å². The third kappa shape index (κ3) is 5.18. The van der Waals surface area contributed by atoms with Crippen LogP contribution < -0.4 is 15.1 Å². The van der Waals surface area contributed by atoms with Crippen LogP contribution in [-0.2, 0) is 12.7 Å². The number of alkyl halides is 3. The first-order valence-corrected chi connectivity index (χ1v) is 11.8. The van der Waals surface area contributed by atoms with Gasteiger partial charge < -0.3 is 15.1 Å².